The minimum absolute atomic E-state index is 0.177. The molecule has 0 saturated heterocycles. The second-order valence-electron chi connectivity index (χ2n) is 13.1. The number of ether oxygens (including phenoxy) is 5. The Morgan fingerprint density at radius 3 is 1.63 bits per heavy atom. The van der Waals surface area contributed by atoms with Gasteiger partial charge in [-0.3, -0.25) is 19.2 Å². The van der Waals surface area contributed by atoms with Crippen LogP contribution in [0.25, 0.3) is 5.57 Å². The zero-order valence-electron chi connectivity index (χ0n) is 29.9. The second-order valence-corrected chi connectivity index (χ2v) is 13.1. The summed E-state index contributed by atoms with van der Waals surface area (Å²) in [4.78, 5) is 60.4. The maximum Gasteiger partial charge on any atom is 0.260 e. The van der Waals surface area contributed by atoms with Crippen molar-refractivity contribution in [2.45, 2.75) is 38.3 Å². The molecule has 0 saturated carbocycles. The Balaban J connectivity index is 1.05. The minimum Gasteiger partial charge on any atom is -0.497 e. The zero-order valence-corrected chi connectivity index (χ0v) is 29.9. The number of fused-ring (bicyclic) bond motifs is 4. The largest absolute Gasteiger partial charge is 0.497 e. The lowest BCUT2D eigenvalue weighted by Gasteiger charge is -2.22. The van der Waals surface area contributed by atoms with Gasteiger partial charge < -0.3 is 43.3 Å². The van der Waals surface area contributed by atoms with Gasteiger partial charge in [0.05, 0.1) is 57.0 Å². The molecule has 4 amide bonds. The SMILES string of the molecule is COc1ccc(C2=CN3C(=O)c4cc(OC)c(OCCCOc5cc6c(cc5OC)C(=O)N5C=C(C)CC5C(=O)N6C)cc4N(C)C(=O)C3C2)cc1. The number of rotatable bonds is 10. The van der Waals surface area contributed by atoms with Crippen molar-refractivity contribution in [3.8, 4) is 28.7 Å². The van der Waals surface area contributed by atoms with Crippen molar-refractivity contribution in [1.82, 2.24) is 9.80 Å². The normalized spacial score (nSPS) is 19.3. The number of hydrogen-bond donors (Lipinski definition) is 0. The Hall–Kier alpha value is -5.98. The van der Waals surface area contributed by atoms with E-state index in [0.717, 1.165) is 22.5 Å². The summed E-state index contributed by atoms with van der Waals surface area (Å²) in [6, 6.07) is 12.8. The summed E-state index contributed by atoms with van der Waals surface area (Å²) in [7, 11) is 7.90. The molecule has 3 aromatic rings. The van der Waals surface area contributed by atoms with Crippen molar-refractivity contribution in [1.29, 1.82) is 0 Å². The molecular formula is C39H40N4O9. The Kier molecular flexibility index (Phi) is 9.03. The highest BCUT2D eigenvalue weighted by atomic mass is 16.5. The van der Waals surface area contributed by atoms with E-state index in [9.17, 15) is 19.2 Å². The van der Waals surface area contributed by atoms with Crippen LogP contribution < -0.4 is 33.5 Å². The fourth-order valence-electron chi connectivity index (χ4n) is 7.14. The number of likely N-dealkylation sites (N-methyl/N-ethyl adjacent to an activating group) is 2. The smallest absolute Gasteiger partial charge is 0.260 e. The van der Waals surface area contributed by atoms with E-state index in [0.29, 0.717) is 64.8 Å². The van der Waals surface area contributed by atoms with E-state index >= 15 is 0 Å². The molecule has 2 unspecified atom stereocenters. The van der Waals surface area contributed by atoms with Gasteiger partial charge >= 0.3 is 0 Å². The van der Waals surface area contributed by atoms with Crippen LogP contribution in [-0.4, -0.2) is 94.2 Å². The molecule has 3 aromatic carbocycles. The van der Waals surface area contributed by atoms with Gasteiger partial charge in [0.2, 0.25) is 11.8 Å². The molecule has 0 fully saturated rings. The Morgan fingerprint density at radius 1 is 0.635 bits per heavy atom. The van der Waals surface area contributed by atoms with Crippen molar-refractivity contribution < 1.29 is 42.9 Å². The molecular weight excluding hydrogens is 668 g/mol. The molecule has 4 aliphatic rings. The van der Waals surface area contributed by atoms with E-state index in [1.165, 1.54) is 33.8 Å². The third-order valence-electron chi connectivity index (χ3n) is 9.97. The number of carbonyl (C=O) groups is 4. The molecule has 52 heavy (non-hydrogen) atoms. The molecule has 0 aromatic heterocycles. The van der Waals surface area contributed by atoms with Crippen molar-refractivity contribution in [2.75, 3.05) is 58.4 Å². The molecule has 4 heterocycles. The van der Waals surface area contributed by atoms with Gasteiger partial charge in [-0.2, -0.15) is 0 Å². The van der Waals surface area contributed by atoms with Gasteiger partial charge in [-0.15, -0.1) is 0 Å². The van der Waals surface area contributed by atoms with Crippen LogP contribution >= 0.6 is 0 Å². The van der Waals surface area contributed by atoms with E-state index < -0.39 is 12.1 Å². The highest BCUT2D eigenvalue weighted by molar-refractivity contribution is 6.14. The molecule has 4 aliphatic heterocycles. The number of anilines is 2. The monoisotopic (exact) mass is 708 g/mol. The number of nitrogens with zero attached hydrogens (tertiary/aromatic N) is 4. The minimum atomic E-state index is -0.686. The van der Waals surface area contributed by atoms with Gasteiger partial charge in [0.25, 0.3) is 11.8 Å². The van der Waals surface area contributed by atoms with Crippen LogP contribution in [0.2, 0.25) is 0 Å². The topological polar surface area (TPSA) is 127 Å². The fraction of sp³-hybridized carbons (Fsp3) is 0.333. The average Bonchev–Trinajstić information content (AvgIpc) is 3.77. The van der Waals surface area contributed by atoms with Gasteiger partial charge in [0.1, 0.15) is 17.8 Å². The molecule has 270 valence electrons. The molecule has 13 heteroatoms. The van der Waals surface area contributed by atoms with E-state index in [-0.39, 0.29) is 36.8 Å². The van der Waals surface area contributed by atoms with Crippen LogP contribution in [-0.2, 0) is 9.59 Å². The maximum atomic E-state index is 13.9. The standard InChI is InChI=1S/C39H40N4O9/c1-22-14-30-38(46)40(2)28-18-34(32(49-5)16-26(28)36(44)42(30)20-22)51-12-7-13-52-35-19-29-27(17-33(35)50-6)37(45)43-21-24(15-31(43)39(47)41(29)3)23-8-10-25(48-4)11-9-23/h8-11,16-21,30-31H,7,12-15H2,1-6H3. The van der Waals surface area contributed by atoms with Crippen molar-refractivity contribution >= 4 is 40.6 Å². The lowest BCUT2D eigenvalue weighted by atomic mass is 10.0. The van der Waals surface area contributed by atoms with Crippen molar-refractivity contribution in [2.24, 2.45) is 0 Å². The first-order valence-corrected chi connectivity index (χ1v) is 17.0. The van der Waals surface area contributed by atoms with Gasteiger partial charge in [-0.25, -0.2) is 0 Å². The van der Waals surface area contributed by atoms with Crippen molar-refractivity contribution in [3.05, 3.63) is 83.2 Å². The number of methoxy groups -OCH3 is 3. The summed E-state index contributed by atoms with van der Waals surface area (Å²) in [5.41, 5.74) is 4.29. The van der Waals surface area contributed by atoms with Crippen LogP contribution in [0.4, 0.5) is 11.4 Å². The summed E-state index contributed by atoms with van der Waals surface area (Å²) < 4.78 is 28.7. The van der Waals surface area contributed by atoms with Crippen molar-refractivity contribution in [3.63, 3.8) is 0 Å². The highest BCUT2D eigenvalue weighted by Gasteiger charge is 2.43. The first kappa shape index (κ1) is 34.5. The molecule has 7 rings (SSSR count). The number of hydrogen-bond acceptors (Lipinski definition) is 9. The van der Waals surface area contributed by atoms with E-state index in [1.807, 2.05) is 31.2 Å². The first-order valence-electron chi connectivity index (χ1n) is 17.0. The van der Waals surface area contributed by atoms with Crippen LogP contribution in [0, 0.1) is 0 Å². The molecule has 0 N–H and O–H groups in total. The Labute approximate surface area is 301 Å². The van der Waals surface area contributed by atoms with Gasteiger partial charge in [0.15, 0.2) is 23.0 Å². The quantitative estimate of drug-likeness (QED) is 0.271. The molecule has 0 radical (unpaired) electrons. The van der Waals surface area contributed by atoms with E-state index in [1.54, 1.807) is 57.9 Å². The fourth-order valence-corrected chi connectivity index (χ4v) is 7.14. The van der Waals surface area contributed by atoms with Gasteiger partial charge in [-0.1, -0.05) is 17.7 Å². The van der Waals surface area contributed by atoms with Gasteiger partial charge in [0, 0.05) is 51.5 Å². The third-order valence-corrected chi connectivity index (χ3v) is 9.97. The van der Waals surface area contributed by atoms with Crippen LogP contribution in [0.15, 0.2) is 66.5 Å². The summed E-state index contributed by atoms with van der Waals surface area (Å²) in [6.07, 6.45) is 4.79. The second kappa shape index (κ2) is 13.6. The maximum absolute atomic E-state index is 13.9. The summed E-state index contributed by atoms with van der Waals surface area (Å²) >= 11 is 0. The molecule has 0 spiro atoms. The lowest BCUT2D eigenvalue weighted by Crippen LogP contribution is -2.42. The molecule has 13 nitrogen and oxygen atoms in total. The predicted molar refractivity (Wildman–Crippen MR) is 192 cm³/mol. The van der Waals surface area contributed by atoms with E-state index in [4.69, 9.17) is 23.7 Å². The molecule has 0 aliphatic carbocycles. The summed E-state index contributed by atoms with van der Waals surface area (Å²) in [5.74, 6) is 1.21. The zero-order chi connectivity index (χ0) is 36.8. The van der Waals surface area contributed by atoms with Crippen LogP contribution in [0.1, 0.15) is 52.5 Å². The summed E-state index contributed by atoms with van der Waals surface area (Å²) in [5, 5.41) is 0. The third kappa shape index (κ3) is 5.85. The average molecular weight is 709 g/mol. The summed E-state index contributed by atoms with van der Waals surface area (Å²) in [6.45, 7) is 2.34. The molecule has 0 bridgehead atoms. The van der Waals surface area contributed by atoms with Crippen LogP contribution in [0.5, 0.6) is 28.7 Å². The lowest BCUT2D eigenvalue weighted by molar-refractivity contribution is -0.122. The first-order chi connectivity index (χ1) is 25.0. The van der Waals surface area contributed by atoms with E-state index in [2.05, 4.69) is 0 Å². The number of carbonyl (C=O) groups excluding carboxylic acids is 4. The van der Waals surface area contributed by atoms with Gasteiger partial charge in [-0.05, 0) is 48.7 Å². The highest BCUT2D eigenvalue weighted by Crippen LogP contribution is 2.42. The number of amides is 4. The Morgan fingerprint density at radius 2 is 1.13 bits per heavy atom. The predicted octanol–water partition coefficient (Wildman–Crippen LogP) is 4.89. The molecule has 2 atom stereocenters. The van der Waals surface area contributed by atoms with Crippen LogP contribution in [0.3, 0.4) is 0 Å². The number of benzene rings is 3. The Bertz CT molecular complexity index is 2040.